The fourth-order valence-corrected chi connectivity index (χ4v) is 2.75. The van der Waals surface area contributed by atoms with Crippen LogP contribution >= 0.6 is 0 Å². The third-order valence-electron chi connectivity index (χ3n) is 3.72. The first-order valence-corrected chi connectivity index (χ1v) is 7.27. The molecule has 20 heavy (non-hydrogen) atoms. The van der Waals surface area contributed by atoms with Gasteiger partial charge >= 0.3 is 0 Å². The zero-order valence-corrected chi connectivity index (χ0v) is 11.7. The standard InChI is InChI=1S/C14H20FN5/c1-2-8-19(12-4-3-7-16-9-12)14-17-13-6-5-11(15)10-20(13)18-14/h5-6,10,12,16H,2-4,7-9H2,1H3. The molecule has 6 heteroatoms. The topological polar surface area (TPSA) is 45.5 Å². The Morgan fingerprint density at radius 3 is 3.15 bits per heavy atom. The van der Waals surface area contributed by atoms with Crippen molar-refractivity contribution in [3.8, 4) is 0 Å². The van der Waals surface area contributed by atoms with Crippen LogP contribution in [-0.2, 0) is 0 Å². The van der Waals surface area contributed by atoms with Crippen LogP contribution in [0.3, 0.4) is 0 Å². The molecule has 2 aromatic heterocycles. The molecule has 108 valence electrons. The second-order valence-corrected chi connectivity index (χ2v) is 5.26. The van der Waals surface area contributed by atoms with Gasteiger partial charge in [0, 0.05) is 19.1 Å². The van der Waals surface area contributed by atoms with E-state index < -0.39 is 0 Å². The van der Waals surface area contributed by atoms with Gasteiger partial charge in [-0.1, -0.05) is 6.92 Å². The summed E-state index contributed by atoms with van der Waals surface area (Å²) < 4.78 is 14.8. The lowest BCUT2D eigenvalue weighted by Gasteiger charge is -2.33. The summed E-state index contributed by atoms with van der Waals surface area (Å²) in [6.45, 7) is 5.12. The minimum absolute atomic E-state index is 0.296. The highest BCUT2D eigenvalue weighted by molar-refractivity contribution is 5.45. The van der Waals surface area contributed by atoms with Gasteiger partial charge in [0.05, 0.1) is 6.20 Å². The molecule has 1 aliphatic rings. The van der Waals surface area contributed by atoms with Crippen LogP contribution in [0.4, 0.5) is 10.3 Å². The summed E-state index contributed by atoms with van der Waals surface area (Å²) in [4.78, 5) is 6.78. The van der Waals surface area contributed by atoms with Gasteiger partial charge < -0.3 is 10.2 Å². The maximum Gasteiger partial charge on any atom is 0.245 e. The summed E-state index contributed by atoms with van der Waals surface area (Å²) in [5, 5.41) is 7.85. The molecule has 1 saturated heterocycles. The number of pyridine rings is 1. The lowest BCUT2D eigenvalue weighted by Crippen LogP contribution is -2.47. The van der Waals surface area contributed by atoms with E-state index >= 15 is 0 Å². The van der Waals surface area contributed by atoms with E-state index in [2.05, 4.69) is 27.2 Å². The number of nitrogens with zero attached hydrogens (tertiary/aromatic N) is 4. The molecule has 1 N–H and O–H groups in total. The summed E-state index contributed by atoms with van der Waals surface area (Å²) in [6, 6.07) is 3.50. The van der Waals surface area contributed by atoms with E-state index in [9.17, 15) is 4.39 Å². The molecule has 0 aliphatic carbocycles. The zero-order valence-electron chi connectivity index (χ0n) is 11.7. The Labute approximate surface area is 117 Å². The molecule has 3 heterocycles. The molecule has 3 rings (SSSR count). The van der Waals surface area contributed by atoms with Crippen molar-refractivity contribution < 1.29 is 4.39 Å². The molecule has 1 atom stereocenters. The third kappa shape index (κ3) is 2.60. The maximum atomic E-state index is 13.2. The summed E-state index contributed by atoms with van der Waals surface area (Å²) in [6.07, 6.45) is 4.74. The molecule has 2 aromatic rings. The van der Waals surface area contributed by atoms with Crippen molar-refractivity contribution >= 4 is 11.6 Å². The lowest BCUT2D eigenvalue weighted by atomic mass is 10.1. The van der Waals surface area contributed by atoms with Crippen LogP contribution in [0.5, 0.6) is 0 Å². The fourth-order valence-electron chi connectivity index (χ4n) is 2.75. The monoisotopic (exact) mass is 277 g/mol. The normalized spacial score (nSPS) is 19.4. The molecule has 0 amide bonds. The third-order valence-corrected chi connectivity index (χ3v) is 3.72. The van der Waals surface area contributed by atoms with Crippen LogP contribution in [0.1, 0.15) is 26.2 Å². The molecule has 0 radical (unpaired) electrons. The first-order valence-electron chi connectivity index (χ1n) is 7.27. The largest absolute Gasteiger partial charge is 0.335 e. The van der Waals surface area contributed by atoms with Crippen LogP contribution in [0, 0.1) is 5.82 Å². The van der Waals surface area contributed by atoms with E-state index in [-0.39, 0.29) is 5.82 Å². The van der Waals surface area contributed by atoms with Gasteiger partial charge in [0.2, 0.25) is 5.95 Å². The maximum absolute atomic E-state index is 13.2. The second kappa shape index (κ2) is 5.75. The van der Waals surface area contributed by atoms with Crippen molar-refractivity contribution in [3.05, 3.63) is 24.1 Å². The van der Waals surface area contributed by atoms with Gasteiger partial charge in [0.25, 0.3) is 0 Å². The van der Waals surface area contributed by atoms with Crippen molar-refractivity contribution in [1.82, 2.24) is 19.9 Å². The van der Waals surface area contributed by atoms with Crippen molar-refractivity contribution in [2.45, 2.75) is 32.2 Å². The Hall–Kier alpha value is -1.69. The van der Waals surface area contributed by atoms with Crippen molar-refractivity contribution in [2.75, 3.05) is 24.5 Å². The molecule has 1 fully saturated rings. The van der Waals surface area contributed by atoms with Gasteiger partial charge in [-0.2, -0.15) is 4.98 Å². The molecule has 0 spiro atoms. The average Bonchev–Trinajstić information content (AvgIpc) is 2.88. The Morgan fingerprint density at radius 1 is 1.50 bits per heavy atom. The molecular weight excluding hydrogens is 257 g/mol. The van der Waals surface area contributed by atoms with Gasteiger partial charge in [-0.15, -0.1) is 5.10 Å². The predicted octanol–water partition coefficient (Wildman–Crippen LogP) is 1.84. The summed E-state index contributed by atoms with van der Waals surface area (Å²) in [7, 11) is 0. The Balaban J connectivity index is 1.91. The number of aromatic nitrogens is 3. The highest BCUT2D eigenvalue weighted by atomic mass is 19.1. The number of fused-ring (bicyclic) bond motifs is 1. The quantitative estimate of drug-likeness (QED) is 0.926. The number of anilines is 1. The fraction of sp³-hybridized carbons (Fsp3) is 0.571. The number of piperidine rings is 1. The Morgan fingerprint density at radius 2 is 2.40 bits per heavy atom. The number of hydrogen-bond acceptors (Lipinski definition) is 4. The Kier molecular flexibility index (Phi) is 3.82. The first kappa shape index (κ1) is 13.3. The van der Waals surface area contributed by atoms with E-state index in [0.717, 1.165) is 32.5 Å². The molecule has 1 aliphatic heterocycles. The highest BCUT2D eigenvalue weighted by Gasteiger charge is 2.23. The van der Waals surface area contributed by atoms with Crippen LogP contribution < -0.4 is 10.2 Å². The summed E-state index contributed by atoms with van der Waals surface area (Å²) >= 11 is 0. The smallest absolute Gasteiger partial charge is 0.245 e. The van der Waals surface area contributed by atoms with Gasteiger partial charge in [-0.3, -0.25) is 0 Å². The Bertz CT molecular complexity index is 576. The van der Waals surface area contributed by atoms with Crippen LogP contribution in [0.25, 0.3) is 5.65 Å². The van der Waals surface area contributed by atoms with Crippen LogP contribution in [0.2, 0.25) is 0 Å². The molecule has 1 unspecified atom stereocenters. The highest BCUT2D eigenvalue weighted by Crippen LogP contribution is 2.18. The van der Waals surface area contributed by atoms with Crippen molar-refractivity contribution in [3.63, 3.8) is 0 Å². The molecule has 5 nitrogen and oxygen atoms in total. The van der Waals surface area contributed by atoms with Crippen LogP contribution in [-0.4, -0.2) is 40.3 Å². The van der Waals surface area contributed by atoms with E-state index in [1.807, 2.05) is 0 Å². The summed E-state index contributed by atoms with van der Waals surface area (Å²) in [5.41, 5.74) is 0.686. The van der Waals surface area contributed by atoms with E-state index in [4.69, 9.17) is 0 Å². The number of nitrogens with one attached hydrogen (secondary N) is 1. The molecule has 0 aromatic carbocycles. The number of halogens is 1. The van der Waals surface area contributed by atoms with Crippen molar-refractivity contribution in [2.24, 2.45) is 0 Å². The SMILES string of the molecule is CCCN(c1nc2ccc(F)cn2n1)C1CCCNC1. The van der Waals surface area contributed by atoms with Crippen molar-refractivity contribution in [1.29, 1.82) is 0 Å². The zero-order chi connectivity index (χ0) is 13.9. The van der Waals surface area contributed by atoms with E-state index in [1.54, 1.807) is 6.07 Å². The van der Waals surface area contributed by atoms with Gasteiger partial charge in [0.15, 0.2) is 5.65 Å². The van der Waals surface area contributed by atoms with Gasteiger partial charge in [-0.05, 0) is 37.9 Å². The average molecular weight is 277 g/mol. The predicted molar refractivity (Wildman–Crippen MR) is 76.5 cm³/mol. The van der Waals surface area contributed by atoms with E-state index in [0.29, 0.717) is 17.6 Å². The molecule has 0 bridgehead atoms. The lowest BCUT2D eigenvalue weighted by molar-refractivity contribution is 0.426. The molecule has 0 saturated carbocycles. The molecular formula is C14H20FN5. The first-order chi connectivity index (χ1) is 9.78. The second-order valence-electron chi connectivity index (χ2n) is 5.26. The number of rotatable bonds is 4. The van der Waals surface area contributed by atoms with Gasteiger partial charge in [0.1, 0.15) is 5.82 Å². The minimum atomic E-state index is -0.296. The summed E-state index contributed by atoms with van der Waals surface area (Å²) in [5.74, 6) is 0.404. The van der Waals surface area contributed by atoms with E-state index in [1.165, 1.54) is 23.2 Å². The van der Waals surface area contributed by atoms with Crippen LogP contribution in [0.15, 0.2) is 18.3 Å². The van der Waals surface area contributed by atoms with Gasteiger partial charge in [-0.25, -0.2) is 8.91 Å². The number of hydrogen-bond donors (Lipinski definition) is 1. The minimum Gasteiger partial charge on any atom is -0.335 e.